The van der Waals surface area contributed by atoms with E-state index in [-0.39, 0.29) is 28.5 Å². The smallest absolute Gasteiger partial charge is 0.351 e. The van der Waals surface area contributed by atoms with Gasteiger partial charge in [-0.05, 0) is 42.8 Å². The van der Waals surface area contributed by atoms with Crippen LogP contribution >= 0.6 is 0 Å². The van der Waals surface area contributed by atoms with Crippen LogP contribution in [0, 0.1) is 0 Å². The first-order valence-electron chi connectivity index (χ1n) is 11.1. The van der Waals surface area contributed by atoms with Crippen LogP contribution < -0.4 is 21.3 Å². The summed E-state index contributed by atoms with van der Waals surface area (Å²) in [7, 11) is 0. The minimum absolute atomic E-state index is 0.0538. The second-order valence-corrected chi connectivity index (χ2v) is 8.13. The minimum atomic E-state index is -0.915. The van der Waals surface area contributed by atoms with Crippen LogP contribution in [0.15, 0.2) is 103 Å². The van der Waals surface area contributed by atoms with Gasteiger partial charge in [0.25, 0.3) is 5.91 Å². The van der Waals surface area contributed by atoms with Gasteiger partial charge in [-0.1, -0.05) is 48.5 Å². The third-order valence-corrected chi connectivity index (χ3v) is 5.67. The molecular weight excluding hydrogens is 462 g/mol. The molecule has 0 aliphatic heterocycles. The van der Waals surface area contributed by atoms with E-state index in [1.165, 1.54) is 24.3 Å². The highest BCUT2D eigenvalue weighted by Crippen LogP contribution is 2.22. The van der Waals surface area contributed by atoms with E-state index < -0.39 is 23.1 Å². The van der Waals surface area contributed by atoms with Crippen molar-refractivity contribution in [3.63, 3.8) is 0 Å². The number of hydrogen-bond acceptors (Lipinski definition) is 7. The standard InChI is InChI=1S/C28H19NO7/c1-16(17-7-3-2-4-8-17)29-25(30)21-13-19-11-12-20(15-24(19)36-26(21)31)34-27(32)22-14-18-9-5-6-10-23(18)35-28(22)33/h2-16H,1H3,(H,29,30). The molecule has 36 heavy (non-hydrogen) atoms. The minimum Gasteiger partial charge on any atom is -0.423 e. The maximum atomic E-state index is 12.7. The summed E-state index contributed by atoms with van der Waals surface area (Å²) in [6.45, 7) is 1.81. The van der Waals surface area contributed by atoms with Crippen molar-refractivity contribution in [2.75, 3.05) is 0 Å². The van der Waals surface area contributed by atoms with Gasteiger partial charge < -0.3 is 18.9 Å². The van der Waals surface area contributed by atoms with Crippen molar-refractivity contribution in [3.8, 4) is 5.75 Å². The number of carbonyl (C=O) groups is 2. The fourth-order valence-electron chi connectivity index (χ4n) is 3.78. The lowest BCUT2D eigenvalue weighted by Crippen LogP contribution is -2.30. The maximum absolute atomic E-state index is 12.7. The van der Waals surface area contributed by atoms with Gasteiger partial charge in [-0.2, -0.15) is 0 Å². The Labute approximate surface area is 203 Å². The highest BCUT2D eigenvalue weighted by atomic mass is 16.5. The Hall–Kier alpha value is -4.98. The van der Waals surface area contributed by atoms with Crippen LogP contribution in [0.2, 0.25) is 0 Å². The molecule has 5 aromatic rings. The molecule has 0 radical (unpaired) electrons. The molecule has 1 atom stereocenters. The lowest BCUT2D eigenvalue weighted by atomic mass is 10.1. The summed E-state index contributed by atoms with van der Waals surface area (Å²) in [5.41, 5.74) is -0.722. The summed E-state index contributed by atoms with van der Waals surface area (Å²) in [5.74, 6) is -1.43. The zero-order valence-corrected chi connectivity index (χ0v) is 19.0. The summed E-state index contributed by atoms with van der Waals surface area (Å²) in [6.07, 6.45) is 0. The second-order valence-electron chi connectivity index (χ2n) is 8.13. The number of amides is 1. The first-order chi connectivity index (χ1) is 17.4. The highest BCUT2D eigenvalue weighted by molar-refractivity contribution is 5.97. The molecule has 178 valence electrons. The number of carbonyl (C=O) groups excluding carboxylic acids is 2. The molecule has 0 fully saturated rings. The predicted molar refractivity (Wildman–Crippen MR) is 132 cm³/mol. The van der Waals surface area contributed by atoms with Gasteiger partial charge >= 0.3 is 17.2 Å². The van der Waals surface area contributed by atoms with Crippen molar-refractivity contribution in [1.82, 2.24) is 5.32 Å². The normalized spacial score (nSPS) is 11.8. The number of nitrogens with one attached hydrogen (secondary N) is 1. The number of fused-ring (bicyclic) bond motifs is 2. The molecule has 1 unspecified atom stereocenters. The summed E-state index contributed by atoms with van der Waals surface area (Å²) >= 11 is 0. The van der Waals surface area contributed by atoms with E-state index in [0.717, 1.165) is 5.56 Å². The number of hydrogen-bond donors (Lipinski definition) is 1. The van der Waals surface area contributed by atoms with Crippen molar-refractivity contribution in [1.29, 1.82) is 0 Å². The molecule has 2 aromatic heterocycles. The fourth-order valence-corrected chi connectivity index (χ4v) is 3.78. The van der Waals surface area contributed by atoms with Gasteiger partial charge in [0.1, 0.15) is 28.0 Å². The van der Waals surface area contributed by atoms with Gasteiger partial charge in [-0.25, -0.2) is 14.4 Å². The number of esters is 1. The summed E-state index contributed by atoms with van der Waals surface area (Å²) in [5, 5.41) is 3.81. The molecule has 8 heteroatoms. The summed E-state index contributed by atoms with van der Waals surface area (Å²) in [4.78, 5) is 50.1. The number of benzene rings is 3. The Morgan fingerprint density at radius 2 is 1.39 bits per heavy atom. The van der Waals surface area contributed by atoms with Crippen LogP contribution in [0.1, 0.15) is 39.2 Å². The second kappa shape index (κ2) is 9.34. The molecule has 8 nitrogen and oxygen atoms in total. The van der Waals surface area contributed by atoms with Crippen LogP contribution in [0.5, 0.6) is 5.75 Å². The van der Waals surface area contributed by atoms with Crippen molar-refractivity contribution < 1.29 is 23.2 Å². The number of ether oxygens (including phenoxy) is 1. The first-order valence-corrected chi connectivity index (χ1v) is 11.1. The zero-order chi connectivity index (χ0) is 25.2. The largest absolute Gasteiger partial charge is 0.423 e. The van der Waals surface area contributed by atoms with Gasteiger partial charge in [0.2, 0.25) is 0 Å². The highest BCUT2D eigenvalue weighted by Gasteiger charge is 2.19. The van der Waals surface area contributed by atoms with Crippen molar-refractivity contribution >= 4 is 33.8 Å². The van der Waals surface area contributed by atoms with Crippen molar-refractivity contribution in [2.45, 2.75) is 13.0 Å². The average Bonchev–Trinajstić information content (AvgIpc) is 2.88. The molecule has 2 heterocycles. The van der Waals surface area contributed by atoms with Crippen molar-refractivity contribution in [3.05, 3.63) is 122 Å². The van der Waals surface area contributed by atoms with E-state index in [1.807, 2.05) is 37.3 Å². The molecule has 3 aromatic carbocycles. The molecule has 1 N–H and O–H groups in total. The molecular formula is C28H19NO7. The van der Waals surface area contributed by atoms with E-state index in [4.69, 9.17) is 13.6 Å². The average molecular weight is 481 g/mol. The number of rotatable bonds is 5. The summed E-state index contributed by atoms with van der Waals surface area (Å²) in [6, 6.07) is 23.0. The summed E-state index contributed by atoms with van der Waals surface area (Å²) < 4.78 is 15.8. The van der Waals surface area contributed by atoms with E-state index in [2.05, 4.69) is 5.32 Å². The van der Waals surface area contributed by atoms with Crippen LogP contribution in [0.3, 0.4) is 0 Å². The van der Waals surface area contributed by atoms with Gasteiger partial charge in [0, 0.05) is 16.8 Å². The van der Waals surface area contributed by atoms with Gasteiger partial charge in [-0.3, -0.25) is 4.79 Å². The molecule has 0 spiro atoms. The SMILES string of the molecule is CC(NC(=O)c1cc2ccc(OC(=O)c3cc4ccccc4oc3=O)cc2oc1=O)c1ccccc1. The third kappa shape index (κ3) is 4.52. The molecule has 5 rings (SSSR count). The Balaban J connectivity index is 1.38. The van der Waals surface area contributed by atoms with E-state index >= 15 is 0 Å². The monoisotopic (exact) mass is 481 g/mol. The Bertz CT molecular complexity index is 1730. The van der Waals surface area contributed by atoms with E-state index in [0.29, 0.717) is 16.4 Å². The Morgan fingerprint density at radius 3 is 2.19 bits per heavy atom. The number of para-hydroxylation sites is 1. The zero-order valence-electron chi connectivity index (χ0n) is 19.0. The molecule has 0 aliphatic carbocycles. The van der Waals surface area contributed by atoms with Gasteiger partial charge in [-0.15, -0.1) is 0 Å². The molecule has 0 aliphatic rings. The van der Waals surface area contributed by atoms with Crippen LogP contribution in [0.25, 0.3) is 21.9 Å². The molecule has 0 saturated heterocycles. The predicted octanol–water partition coefficient (Wildman–Crippen LogP) is 4.61. The topological polar surface area (TPSA) is 116 Å². The van der Waals surface area contributed by atoms with Gasteiger partial charge in [0.05, 0.1) is 6.04 Å². The van der Waals surface area contributed by atoms with E-state index in [1.54, 1.807) is 30.3 Å². The van der Waals surface area contributed by atoms with Crippen LogP contribution in [-0.4, -0.2) is 11.9 Å². The molecule has 0 bridgehead atoms. The maximum Gasteiger partial charge on any atom is 0.351 e. The third-order valence-electron chi connectivity index (χ3n) is 5.67. The Morgan fingerprint density at radius 1 is 0.750 bits per heavy atom. The quantitative estimate of drug-likeness (QED) is 0.221. The lowest BCUT2D eigenvalue weighted by molar-refractivity contribution is 0.0730. The molecule has 0 saturated carbocycles. The van der Waals surface area contributed by atoms with Crippen molar-refractivity contribution in [2.24, 2.45) is 0 Å². The van der Waals surface area contributed by atoms with Gasteiger partial charge in [0.15, 0.2) is 0 Å². The van der Waals surface area contributed by atoms with E-state index in [9.17, 15) is 19.2 Å². The first kappa shape index (κ1) is 22.8. The lowest BCUT2D eigenvalue weighted by Gasteiger charge is -2.14. The fraction of sp³-hybridized carbons (Fsp3) is 0.0714. The Kier molecular flexibility index (Phi) is 5.92. The van der Waals surface area contributed by atoms with Crippen LogP contribution in [-0.2, 0) is 0 Å². The molecule has 1 amide bonds. The van der Waals surface area contributed by atoms with Crippen LogP contribution in [0.4, 0.5) is 0 Å².